The Labute approximate surface area is 174 Å². The van der Waals surface area contributed by atoms with Crippen LogP contribution in [0.2, 0.25) is 10.0 Å². The standard InChI is InChI=1S/C15H14Cl2N6O3S2/c16-10-2-3-11(12(17)8-10)13(24)20-14-21-22-15(27-14)28(25,26)19-4-1-6-23-7-5-18-9-23/h2-3,5,7-9,19H,1,4,6H2,(H,20,21,24). The van der Waals surface area contributed by atoms with E-state index in [0.717, 1.165) is 11.3 Å². The minimum atomic E-state index is -3.82. The van der Waals surface area contributed by atoms with Crippen molar-refractivity contribution in [1.29, 1.82) is 0 Å². The van der Waals surface area contributed by atoms with Gasteiger partial charge in [0.1, 0.15) is 0 Å². The third-order valence-corrected chi connectivity index (χ3v) is 6.69. The summed E-state index contributed by atoms with van der Waals surface area (Å²) in [6.07, 6.45) is 5.67. The lowest BCUT2D eigenvalue weighted by Crippen LogP contribution is -2.25. The molecule has 0 radical (unpaired) electrons. The molecule has 9 nitrogen and oxygen atoms in total. The maximum absolute atomic E-state index is 12.3. The highest BCUT2D eigenvalue weighted by atomic mass is 35.5. The molecule has 1 amide bonds. The summed E-state index contributed by atoms with van der Waals surface area (Å²) in [5.74, 6) is -0.546. The van der Waals surface area contributed by atoms with Crippen molar-refractivity contribution in [2.75, 3.05) is 11.9 Å². The Morgan fingerprint density at radius 1 is 1.25 bits per heavy atom. The molecule has 0 atom stereocenters. The number of amides is 1. The number of nitrogens with one attached hydrogen (secondary N) is 2. The van der Waals surface area contributed by atoms with Crippen molar-refractivity contribution in [3.63, 3.8) is 0 Å². The largest absolute Gasteiger partial charge is 0.337 e. The number of halogens is 2. The molecule has 1 aromatic carbocycles. The molecule has 0 unspecified atom stereocenters. The van der Waals surface area contributed by atoms with Crippen LogP contribution in [-0.4, -0.2) is 40.6 Å². The average molecular weight is 461 g/mol. The van der Waals surface area contributed by atoms with E-state index in [1.165, 1.54) is 18.2 Å². The second-order valence-corrected chi connectivity index (χ2v) is 9.27. The number of carbonyl (C=O) groups excluding carboxylic acids is 1. The van der Waals surface area contributed by atoms with Gasteiger partial charge in [0.05, 0.1) is 16.9 Å². The topological polar surface area (TPSA) is 119 Å². The lowest BCUT2D eigenvalue weighted by atomic mass is 10.2. The van der Waals surface area contributed by atoms with Crippen LogP contribution in [0.15, 0.2) is 41.3 Å². The number of aryl methyl sites for hydroxylation is 1. The Balaban J connectivity index is 1.58. The Bertz CT molecular complexity index is 1070. The zero-order valence-corrected chi connectivity index (χ0v) is 17.3. The molecule has 0 aliphatic heterocycles. The van der Waals surface area contributed by atoms with E-state index in [1.54, 1.807) is 18.7 Å². The van der Waals surface area contributed by atoms with Crippen LogP contribution in [0.1, 0.15) is 16.8 Å². The number of hydrogen-bond donors (Lipinski definition) is 2. The van der Waals surface area contributed by atoms with E-state index in [0.29, 0.717) is 18.0 Å². The maximum Gasteiger partial charge on any atom is 0.269 e. The lowest BCUT2D eigenvalue weighted by Gasteiger charge is -2.04. The number of imidazole rings is 1. The number of rotatable bonds is 8. The van der Waals surface area contributed by atoms with Crippen molar-refractivity contribution < 1.29 is 13.2 Å². The highest BCUT2D eigenvalue weighted by Crippen LogP contribution is 2.24. The lowest BCUT2D eigenvalue weighted by molar-refractivity contribution is 0.102. The van der Waals surface area contributed by atoms with Crippen LogP contribution < -0.4 is 10.0 Å². The molecule has 0 aliphatic carbocycles. The molecule has 0 fully saturated rings. The molecule has 28 heavy (non-hydrogen) atoms. The van der Waals surface area contributed by atoms with Crippen molar-refractivity contribution in [3.8, 4) is 0 Å². The van der Waals surface area contributed by atoms with E-state index >= 15 is 0 Å². The van der Waals surface area contributed by atoms with Crippen LogP contribution in [0.3, 0.4) is 0 Å². The minimum Gasteiger partial charge on any atom is -0.337 e. The average Bonchev–Trinajstić information content (AvgIpc) is 3.30. The molecule has 0 saturated carbocycles. The fraction of sp³-hybridized carbons (Fsp3) is 0.200. The van der Waals surface area contributed by atoms with Crippen molar-refractivity contribution >= 4 is 55.6 Å². The Hall–Kier alpha value is -2.05. The molecule has 0 aliphatic rings. The molecular weight excluding hydrogens is 447 g/mol. The molecule has 3 aromatic rings. The van der Waals surface area contributed by atoms with Gasteiger partial charge in [0.25, 0.3) is 15.9 Å². The number of aromatic nitrogens is 4. The first-order chi connectivity index (χ1) is 13.3. The summed E-state index contributed by atoms with van der Waals surface area (Å²) in [6, 6.07) is 4.41. The van der Waals surface area contributed by atoms with Crippen LogP contribution >= 0.6 is 34.5 Å². The van der Waals surface area contributed by atoms with Crippen LogP contribution in [0.5, 0.6) is 0 Å². The first kappa shape index (κ1) is 20.7. The molecule has 3 rings (SSSR count). The second kappa shape index (κ2) is 8.97. The predicted octanol–water partition coefficient (Wildman–Crippen LogP) is 2.66. The van der Waals surface area contributed by atoms with Gasteiger partial charge >= 0.3 is 0 Å². The summed E-state index contributed by atoms with van der Waals surface area (Å²) < 4.78 is 28.6. The summed E-state index contributed by atoms with van der Waals surface area (Å²) in [7, 11) is -3.82. The van der Waals surface area contributed by atoms with Gasteiger partial charge in [0, 0.05) is 30.5 Å². The fourth-order valence-electron chi connectivity index (χ4n) is 2.16. The van der Waals surface area contributed by atoms with E-state index in [2.05, 4.69) is 25.2 Å². The summed E-state index contributed by atoms with van der Waals surface area (Å²) in [5, 5.41) is 10.4. The van der Waals surface area contributed by atoms with Crippen LogP contribution in [0.25, 0.3) is 0 Å². The summed E-state index contributed by atoms with van der Waals surface area (Å²) in [5.41, 5.74) is 0.184. The number of hydrogen-bond acceptors (Lipinski definition) is 7. The van der Waals surface area contributed by atoms with Gasteiger partial charge in [-0.15, -0.1) is 10.2 Å². The van der Waals surface area contributed by atoms with Gasteiger partial charge in [0.2, 0.25) is 9.47 Å². The zero-order chi connectivity index (χ0) is 20.1. The van der Waals surface area contributed by atoms with Crippen LogP contribution in [0.4, 0.5) is 5.13 Å². The highest BCUT2D eigenvalue weighted by Gasteiger charge is 2.21. The molecule has 148 valence electrons. The molecule has 2 heterocycles. The van der Waals surface area contributed by atoms with Gasteiger partial charge in [-0.3, -0.25) is 10.1 Å². The first-order valence-corrected chi connectivity index (χ1v) is 11.0. The fourth-order valence-corrected chi connectivity index (χ4v) is 4.66. The van der Waals surface area contributed by atoms with E-state index in [-0.39, 0.29) is 26.6 Å². The van der Waals surface area contributed by atoms with Crippen molar-refractivity contribution in [1.82, 2.24) is 24.5 Å². The summed E-state index contributed by atoms with van der Waals surface area (Å²) in [4.78, 5) is 16.2. The number of nitrogens with zero attached hydrogens (tertiary/aromatic N) is 4. The highest BCUT2D eigenvalue weighted by molar-refractivity contribution is 7.91. The normalized spacial score (nSPS) is 11.5. The second-order valence-electron chi connectivity index (χ2n) is 5.50. The molecule has 2 N–H and O–H groups in total. The van der Waals surface area contributed by atoms with Gasteiger partial charge in [-0.25, -0.2) is 18.1 Å². The van der Waals surface area contributed by atoms with Gasteiger partial charge < -0.3 is 4.57 Å². The SMILES string of the molecule is O=C(Nc1nnc(S(=O)(=O)NCCCn2ccnc2)s1)c1ccc(Cl)cc1Cl. The monoisotopic (exact) mass is 460 g/mol. The summed E-state index contributed by atoms with van der Waals surface area (Å²) in [6.45, 7) is 0.851. The molecule has 2 aromatic heterocycles. The molecule has 13 heteroatoms. The smallest absolute Gasteiger partial charge is 0.269 e. The maximum atomic E-state index is 12.3. The van der Waals surface area contributed by atoms with E-state index in [4.69, 9.17) is 23.2 Å². The Morgan fingerprint density at radius 2 is 2.07 bits per heavy atom. The van der Waals surface area contributed by atoms with Crippen molar-refractivity contribution in [2.24, 2.45) is 0 Å². The third-order valence-electron chi connectivity index (χ3n) is 3.48. The first-order valence-electron chi connectivity index (χ1n) is 7.90. The van der Waals surface area contributed by atoms with Crippen LogP contribution in [0, 0.1) is 0 Å². The predicted molar refractivity (Wildman–Crippen MR) is 106 cm³/mol. The Kier molecular flexibility index (Phi) is 6.62. The number of carbonyl (C=O) groups is 1. The van der Waals surface area contributed by atoms with E-state index in [1.807, 2.05) is 4.57 Å². The van der Waals surface area contributed by atoms with Crippen molar-refractivity contribution in [3.05, 3.63) is 52.5 Å². The molecule has 0 saturated heterocycles. The molecule has 0 bridgehead atoms. The third kappa shape index (κ3) is 5.26. The number of anilines is 1. The number of sulfonamides is 1. The van der Waals surface area contributed by atoms with E-state index in [9.17, 15) is 13.2 Å². The number of benzene rings is 1. The van der Waals surface area contributed by atoms with Gasteiger partial charge in [-0.2, -0.15) is 0 Å². The van der Waals surface area contributed by atoms with Crippen molar-refractivity contribution in [2.45, 2.75) is 17.3 Å². The van der Waals surface area contributed by atoms with Gasteiger partial charge in [-0.1, -0.05) is 34.5 Å². The van der Waals surface area contributed by atoms with Gasteiger partial charge in [0.15, 0.2) is 0 Å². The minimum absolute atomic E-state index is 0.0369. The zero-order valence-electron chi connectivity index (χ0n) is 14.2. The van der Waals surface area contributed by atoms with Gasteiger partial charge in [-0.05, 0) is 24.6 Å². The quantitative estimate of drug-likeness (QED) is 0.393. The van der Waals surface area contributed by atoms with Crippen LogP contribution in [-0.2, 0) is 16.6 Å². The Morgan fingerprint density at radius 3 is 2.79 bits per heavy atom. The van der Waals surface area contributed by atoms with E-state index < -0.39 is 15.9 Å². The molecule has 0 spiro atoms. The molecular formula is C15H14Cl2N6O3S2. The summed E-state index contributed by atoms with van der Waals surface area (Å²) >= 11 is 12.5.